The molecule has 6 atom stereocenters. The molecule has 1 aliphatic heterocycles. The van der Waals surface area contributed by atoms with Crippen LogP contribution >= 0.6 is 0 Å². The number of rotatable bonds is 5. The van der Waals surface area contributed by atoms with Crippen molar-refractivity contribution < 1.29 is 23.5 Å². The number of nitrogens with one attached hydrogen (secondary N) is 2. The van der Waals surface area contributed by atoms with Gasteiger partial charge in [0.1, 0.15) is 11.9 Å². The summed E-state index contributed by atoms with van der Waals surface area (Å²) >= 11 is 0. The molecular formula is C27H30FN3O4. The summed E-state index contributed by atoms with van der Waals surface area (Å²) < 4.78 is 24.3. The van der Waals surface area contributed by atoms with Gasteiger partial charge in [0.05, 0.1) is 18.3 Å². The number of fused-ring (bicyclic) bond motifs is 2. The number of pyridine rings is 1. The Balaban J connectivity index is 1.31. The number of amides is 2. The molecule has 0 bridgehead atoms. The fourth-order valence-corrected chi connectivity index (χ4v) is 5.92. The van der Waals surface area contributed by atoms with Crippen LogP contribution in [-0.4, -0.2) is 42.0 Å². The normalized spacial score (nSPS) is 29.6. The van der Waals surface area contributed by atoms with E-state index in [1.54, 1.807) is 19.2 Å². The number of alkyl carbamates (subject to hydrolysis) is 2. The average Bonchev–Trinajstić information content (AvgIpc) is 3.22. The van der Waals surface area contributed by atoms with Crippen molar-refractivity contribution in [1.29, 1.82) is 0 Å². The fraction of sp³-hybridized carbons (Fsp3) is 0.444. The van der Waals surface area contributed by atoms with Crippen molar-refractivity contribution in [2.45, 2.75) is 50.8 Å². The first-order chi connectivity index (χ1) is 17.0. The fourth-order valence-electron chi connectivity index (χ4n) is 5.92. The predicted octanol–water partition coefficient (Wildman–Crippen LogP) is 4.93. The first-order valence-corrected chi connectivity index (χ1v) is 12.3. The molecule has 5 rings (SSSR count). The standard InChI is InChI=1S/C27H30FN3O4/c1-2-34-26(32)30-21-9-10-22-18(13-21)14-24-25(35-27(33)31-24)23(22)11-8-20-7-6-17(15-29-20)16-4-3-5-19(28)12-16/h3-8,11-12,15,18,21-25H,2,9-10,13-14H2,1H3,(H,30,32)(H,31,33)/t18-,21+,22+,23-,24-,25+/m0/s1. The van der Waals surface area contributed by atoms with Crippen LogP contribution in [0.2, 0.25) is 0 Å². The molecule has 184 valence electrons. The lowest BCUT2D eigenvalue weighted by atomic mass is 9.62. The minimum absolute atomic E-state index is 0.0388. The average molecular weight is 480 g/mol. The number of hydrogen-bond acceptors (Lipinski definition) is 5. The Labute approximate surface area is 204 Å². The third kappa shape index (κ3) is 5.16. The van der Waals surface area contributed by atoms with Crippen LogP contribution in [0, 0.1) is 23.6 Å². The van der Waals surface area contributed by atoms with E-state index in [1.165, 1.54) is 12.1 Å². The smallest absolute Gasteiger partial charge is 0.407 e. The van der Waals surface area contributed by atoms with E-state index in [-0.39, 0.29) is 42.1 Å². The summed E-state index contributed by atoms with van der Waals surface area (Å²) in [6.07, 6.45) is 8.40. The van der Waals surface area contributed by atoms with Crippen molar-refractivity contribution in [3.8, 4) is 11.1 Å². The zero-order valence-electron chi connectivity index (χ0n) is 19.7. The molecular weight excluding hydrogens is 449 g/mol. The van der Waals surface area contributed by atoms with Crippen molar-refractivity contribution in [2.24, 2.45) is 17.8 Å². The van der Waals surface area contributed by atoms with Gasteiger partial charge in [-0.15, -0.1) is 0 Å². The molecule has 1 saturated heterocycles. The number of hydrogen-bond donors (Lipinski definition) is 2. The topological polar surface area (TPSA) is 89.6 Å². The molecule has 0 radical (unpaired) electrons. The number of nitrogens with zero attached hydrogens (tertiary/aromatic N) is 1. The van der Waals surface area contributed by atoms with E-state index < -0.39 is 0 Å². The third-order valence-corrected chi connectivity index (χ3v) is 7.45. The van der Waals surface area contributed by atoms with E-state index in [0.29, 0.717) is 18.4 Å². The van der Waals surface area contributed by atoms with Crippen LogP contribution in [0.3, 0.4) is 0 Å². The SMILES string of the molecule is CCOC(=O)N[C@@H]1CC[C@@H]2[C@@H](C1)C[C@@H]1NC(=O)O[C@@H]1[C@H]2C=Cc1ccc(-c2cccc(F)c2)cn1. The van der Waals surface area contributed by atoms with Crippen LogP contribution in [-0.2, 0) is 9.47 Å². The van der Waals surface area contributed by atoms with Gasteiger partial charge >= 0.3 is 12.2 Å². The zero-order valence-corrected chi connectivity index (χ0v) is 19.7. The minimum Gasteiger partial charge on any atom is -0.450 e. The first kappa shape index (κ1) is 23.3. The van der Waals surface area contributed by atoms with Crippen molar-refractivity contribution in [3.05, 3.63) is 60.2 Å². The van der Waals surface area contributed by atoms with E-state index in [4.69, 9.17) is 9.47 Å². The lowest BCUT2D eigenvalue weighted by Gasteiger charge is -2.46. The molecule has 1 aromatic heterocycles. The molecule has 35 heavy (non-hydrogen) atoms. The number of ether oxygens (including phenoxy) is 2. The second-order valence-electron chi connectivity index (χ2n) is 9.57. The molecule has 2 amide bonds. The number of carbonyl (C=O) groups is 2. The van der Waals surface area contributed by atoms with Gasteiger partial charge in [0.2, 0.25) is 0 Å². The Morgan fingerprint density at radius 1 is 1.26 bits per heavy atom. The van der Waals surface area contributed by atoms with Crippen molar-refractivity contribution in [1.82, 2.24) is 15.6 Å². The van der Waals surface area contributed by atoms with Crippen molar-refractivity contribution >= 4 is 18.3 Å². The number of halogens is 1. The molecule has 1 aromatic carbocycles. The van der Waals surface area contributed by atoms with Crippen molar-refractivity contribution in [2.75, 3.05) is 6.61 Å². The van der Waals surface area contributed by atoms with E-state index in [9.17, 15) is 14.0 Å². The molecule has 3 fully saturated rings. The molecule has 0 spiro atoms. The van der Waals surface area contributed by atoms with Gasteiger partial charge < -0.3 is 20.1 Å². The minimum atomic E-state index is -0.369. The Kier molecular flexibility index (Phi) is 6.70. The molecule has 8 heteroatoms. The van der Waals surface area contributed by atoms with Gasteiger partial charge in [-0.3, -0.25) is 4.98 Å². The Hall–Kier alpha value is -3.42. The van der Waals surface area contributed by atoms with Crippen LogP contribution in [0.15, 0.2) is 48.7 Å². The molecule has 7 nitrogen and oxygen atoms in total. The highest BCUT2D eigenvalue weighted by molar-refractivity contribution is 5.70. The number of benzene rings is 1. The maximum absolute atomic E-state index is 13.6. The number of aromatic nitrogens is 1. The largest absolute Gasteiger partial charge is 0.450 e. The molecule has 2 aliphatic carbocycles. The maximum Gasteiger partial charge on any atom is 0.407 e. The van der Waals surface area contributed by atoms with E-state index >= 15 is 0 Å². The lowest BCUT2D eigenvalue weighted by Crippen LogP contribution is -2.52. The summed E-state index contributed by atoms with van der Waals surface area (Å²) in [5.74, 6) is 0.495. The molecule has 2 N–H and O–H groups in total. The van der Waals surface area contributed by atoms with Crippen LogP contribution in [0.1, 0.15) is 38.3 Å². The lowest BCUT2D eigenvalue weighted by molar-refractivity contribution is 0.00604. The van der Waals surface area contributed by atoms with Gasteiger partial charge in [-0.2, -0.15) is 0 Å². The molecule has 0 unspecified atom stereocenters. The first-order valence-electron chi connectivity index (χ1n) is 12.3. The Bertz CT molecular complexity index is 1110. The van der Waals surface area contributed by atoms with Gasteiger partial charge in [0.25, 0.3) is 0 Å². The summed E-state index contributed by atoms with van der Waals surface area (Å²) in [5, 5.41) is 5.95. The molecule has 3 aliphatic rings. The highest BCUT2D eigenvalue weighted by Crippen LogP contribution is 2.47. The van der Waals surface area contributed by atoms with Gasteiger partial charge in [0, 0.05) is 23.7 Å². The van der Waals surface area contributed by atoms with Gasteiger partial charge in [-0.1, -0.05) is 24.3 Å². The highest BCUT2D eigenvalue weighted by Gasteiger charge is 2.51. The van der Waals surface area contributed by atoms with Gasteiger partial charge in [0.15, 0.2) is 0 Å². The summed E-state index contributed by atoms with van der Waals surface area (Å²) in [4.78, 5) is 28.5. The van der Waals surface area contributed by atoms with Crippen LogP contribution in [0.5, 0.6) is 0 Å². The quantitative estimate of drug-likeness (QED) is 0.635. The Morgan fingerprint density at radius 2 is 2.14 bits per heavy atom. The van der Waals surface area contributed by atoms with Crippen LogP contribution in [0.4, 0.5) is 14.0 Å². The van der Waals surface area contributed by atoms with Gasteiger partial charge in [-0.25, -0.2) is 14.0 Å². The summed E-state index contributed by atoms with van der Waals surface area (Å²) in [6.45, 7) is 2.14. The van der Waals surface area contributed by atoms with Gasteiger partial charge in [-0.05, 0) is 74.3 Å². The summed E-state index contributed by atoms with van der Waals surface area (Å²) in [7, 11) is 0. The van der Waals surface area contributed by atoms with E-state index in [0.717, 1.165) is 42.5 Å². The Morgan fingerprint density at radius 3 is 2.91 bits per heavy atom. The summed E-state index contributed by atoms with van der Waals surface area (Å²) in [6, 6.07) is 10.3. The predicted molar refractivity (Wildman–Crippen MR) is 129 cm³/mol. The maximum atomic E-state index is 13.6. The number of carbonyl (C=O) groups excluding carboxylic acids is 2. The second-order valence-corrected chi connectivity index (χ2v) is 9.57. The van der Waals surface area contributed by atoms with E-state index in [2.05, 4.69) is 21.7 Å². The van der Waals surface area contributed by atoms with Crippen LogP contribution in [0.25, 0.3) is 17.2 Å². The van der Waals surface area contributed by atoms with Crippen LogP contribution < -0.4 is 10.6 Å². The molecule has 2 aromatic rings. The molecule has 2 heterocycles. The third-order valence-electron chi connectivity index (χ3n) is 7.45. The zero-order chi connectivity index (χ0) is 24.4. The van der Waals surface area contributed by atoms with Crippen molar-refractivity contribution in [3.63, 3.8) is 0 Å². The highest BCUT2D eigenvalue weighted by atomic mass is 19.1. The van der Waals surface area contributed by atoms with E-state index in [1.807, 2.05) is 24.3 Å². The monoisotopic (exact) mass is 479 g/mol. The summed E-state index contributed by atoms with van der Waals surface area (Å²) in [5.41, 5.74) is 2.42. The molecule has 2 saturated carbocycles. The second kappa shape index (κ2) is 10.1.